The Labute approximate surface area is 151 Å². The van der Waals surface area contributed by atoms with Crippen LogP contribution >= 0.6 is 15.9 Å². The third-order valence-corrected chi connectivity index (χ3v) is 4.02. The summed E-state index contributed by atoms with van der Waals surface area (Å²) in [5.74, 6) is -1.23. The molecule has 0 N–H and O–H groups in total. The van der Waals surface area contributed by atoms with Crippen LogP contribution in [0.15, 0.2) is 33.3 Å². The molecular formula is C16H15BrN4O4. The number of imide groups is 2. The number of rotatable bonds is 5. The van der Waals surface area contributed by atoms with Gasteiger partial charge >= 0.3 is 17.8 Å². The molecule has 25 heavy (non-hydrogen) atoms. The lowest BCUT2D eigenvalue weighted by Crippen LogP contribution is -2.35. The van der Waals surface area contributed by atoms with E-state index < -0.39 is 17.8 Å². The van der Waals surface area contributed by atoms with Gasteiger partial charge in [-0.15, -0.1) is 0 Å². The first kappa shape index (κ1) is 17.3. The summed E-state index contributed by atoms with van der Waals surface area (Å²) < 4.78 is 5.97. The maximum absolute atomic E-state index is 12.3. The second-order valence-corrected chi connectivity index (χ2v) is 6.92. The smallest absolute Gasteiger partial charge is 0.334 e. The molecule has 1 aromatic heterocycles. The first-order valence-corrected chi connectivity index (χ1v) is 8.42. The number of amides is 4. The minimum Gasteiger partial charge on any atom is -0.337 e. The van der Waals surface area contributed by atoms with Crippen molar-refractivity contribution in [1.82, 2.24) is 19.9 Å². The number of nitrogens with zero attached hydrogens (tertiary/aromatic N) is 4. The molecule has 1 saturated heterocycles. The molecule has 1 aromatic carbocycles. The highest BCUT2D eigenvalue weighted by Crippen LogP contribution is 2.22. The Morgan fingerprint density at radius 2 is 1.88 bits per heavy atom. The van der Waals surface area contributed by atoms with Crippen LogP contribution in [-0.4, -0.2) is 44.3 Å². The zero-order valence-corrected chi connectivity index (χ0v) is 15.2. The van der Waals surface area contributed by atoms with Gasteiger partial charge in [0, 0.05) is 16.6 Å². The molecule has 0 radical (unpaired) electrons. The number of halogens is 1. The number of aromatic nitrogens is 2. The maximum atomic E-state index is 12.3. The second-order valence-electron chi connectivity index (χ2n) is 6.01. The number of hydrogen-bond donors (Lipinski definition) is 0. The van der Waals surface area contributed by atoms with Crippen LogP contribution in [0, 0.1) is 5.92 Å². The zero-order valence-electron chi connectivity index (χ0n) is 13.6. The van der Waals surface area contributed by atoms with E-state index in [9.17, 15) is 14.4 Å². The molecule has 9 heteroatoms. The lowest BCUT2D eigenvalue weighted by molar-refractivity contribution is -0.143. The summed E-state index contributed by atoms with van der Waals surface area (Å²) in [6.45, 7) is 3.66. The minimum atomic E-state index is -0.882. The fourth-order valence-corrected chi connectivity index (χ4v) is 2.81. The molecule has 2 aromatic rings. The quantitative estimate of drug-likeness (QED) is 0.558. The van der Waals surface area contributed by atoms with Gasteiger partial charge in [-0.2, -0.15) is 4.98 Å². The Hall–Kier alpha value is -2.55. The average Bonchev–Trinajstić information content (AvgIpc) is 3.10. The topological polar surface area (TPSA) is 96.6 Å². The van der Waals surface area contributed by atoms with Crippen LogP contribution < -0.4 is 0 Å². The summed E-state index contributed by atoms with van der Waals surface area (Å²) in [4.78, 5) is 42.3. The van der Waals surface area contributed by atoms with Gasteiger partial charge in [0.05, 0.1) is 0 Å². The molecule has 3 rings (SSSR count). The van der Waals surface area contributed by atoms with E-state index in [1.54, 1.807) is 6.07 Å². The van der Waals surface area contributed by atoms with E-state index in [2.05, 4.69) is 26.1 Å². The summed E-state index contributed by atoms with van der Waals surface area (Å²) in [6, 6.07) is 6.64. The van der Waals surface area contributed by atoms with Gasteiger partial charge in [0.2, 0.25) is 11.7 Å². The minimum absolute atomic E-state index is 0.0622. The van der Waals surface area contributed by atoms with Crippen LogP contribution in [0.1, 0.15) is 19.7 Å². The van der Waals surface area contributed by atoms with Crippen molar-refractivity contribution in [3.05, 3.63) is 34.6 Å². The van der Waals surface area contributed by atoms with E-state index in [1.165, 1.54) is 0 Å². The molecule has 0 spiro atoms. The van der Waals surface area contributed by atoms with Gasteiger partial charge in [-0.3, -0.25) is 14.5 Å². The summed E-state index contributed by atoms with van der Waals surface area (Å²) in [6.07, 6.45) is 0. The largest absolute Gasteiger partial charge is 0.337 e. The monoisotopic (exact) mass is 406 g/mol. The molecule has 1 fully saturated rings. The number of hydrogen-bond acceptors (Lipinski definition) is 6. The predicted octanol–water partition coefficient (Wildman–Crippen LogP) is 2.45. The van der Waals surface area contributed by atoms with Crippen molar-refractivity contribution < 1.29 is 18.9 Å². The number of benzene rings is 1. The van der Waals surface area contributed by atoms with E-state index in [0.717, 1.165) is 19.8 Å². The Morgan fingerprint density at radius 1 is 1.16 bits per heavy atom. The van der Waals surface area contributed by atoms with Crippen molar-refractivity contribution in [3.63, 3.8) is 0 Å². The Kier molecular flexibility index (Phi) is 4.67. The summed E-state index contributed by atoms with van der Waals surface area (Å²) >= 11 is 3.36. The Morgan fingerprint density at radius 3 is 2.56 bits per heavy atom. The highest BCUT2D eigenvalue weighted by Gasteiger charge is 2.45. The SMILES string of the molecule is CC(C)CN1C(=O)C(=O)N(Cc2nc(-c3cccc(Br)c3)no2)C1=O. The predicted molar refractivity (Wildman–Crippen MR) is 89.9 cm³/mol. The normalized spacial score (nSPS) is 15.0. The van der Waals surface area contributed by atoms with Gasteiger partial charge in [-0.25, -0.2) is 9.69 Å². The number of urea groups is 1. The highest BCUT2D eigenvalue weighted by atomic mass is 79.9. The van der Waals surface area contributed by atoms with E-state index in [1.807, 2.05) is 32.0 Å². The van der Waals surface area contributed by atoms with Gasteiger partial charge in [0.25, 0.3) is 0 Å². The van der Waals surface area contributed by atoms with Gasteiger partial charge in [-0.1, -0.05) is 47.1 Å². The Balaban J connectivity index is 1.78. The summed E-state index contributed by atoms with van der Waals surface area (Å²) in [7, 11) is 0. The van der Waals surface area contributed by atoms with Crippen LogP contribution in [0.2, 0.25) is 0 Å². The highest BCUT2D eigenvalue weighted by molar-refractivity contribution is 9.10. The fourth-order valence-electron chi connectivity index (χ4n) is 2.42. The van der Waals surface area contributed by atoms with Crippen LogP contribution in [0.25, 0.3) is 11.4 Å². The van der Waals surface area contributed by atoms with Gasteiger partial charge < -0.3 is 4.52 Å². The molecule has 8 nitrogen and oxygen atoms in total. The molecule has 1 aliphatic heterocycles. The van der Waals surface area contributed by atoms with E-state index >= 15 is 0 Å². The molecule has 0 aliphatic carbocycles. The molecule has 4 amide bonds. The lowest BCUT2D eigenvalue weighted by atomic mass is 10.2. The van der Waals surface area contributed by atoms with Crippen molar-refractivity contribution in [2.24, 2.45) is 5.92 Å². The summed E-state index contributed by atoms with van der Waals surface area (Å²) in [5, 5.41) is 3.85. The van der Waals surface area contributed by atoms with Crippen LogP contribution in [0.3, 0.4) is 0 Å². The first-order valence-electron chi connectivity index (χ1n) is 7.62. The van der Waals surface area contributed by atoms with Crippen LogP contribution in [0.4, 0.5) is 4.79 Å². The maximum Gasteiger partial charge on any atom is 0.334 e. The van der Waals surface area contributed by atoms with E-state index in [0.29, 0.717) is 5.82 Å². The molecule has 130 valence electrons. The molecule has 0 bridgehead atoms. The average molecular weight is 407 g/mol. The number of carbonyl (C=O) groups excluding carboxylic acids is 3. The molecular weight excluding hydrogens is 392 g/mol. The molecule has 0 atom stereocenters. The molecule has 0 saturated carbocycles. The van der Waals surface area contributed by atoms with Crippen LogP contribution in [0.5, 0.6) is 0 Å². The van der Waals surface area contributed by atoms with Crippen molar-refractivity contribution >= 4 is 33.8 Å². The summed E-state index contributed by atoms with van der Waals surface area (Å²) in [5.41, 5.74) is 0.723. The standard InChI is InChI=1S/C16H15BrN4O4/c1-9(2)7-20-14(22)15(23)21(16(20)24)8-12-18-13(19-25-12)10-4-3-5-11(17)6-10/h3-6,9H,7-8H2,1-2H3. The van der Waals surface area contributed by atoms with Gasteiger partial charge in [0.1, 0.15) is 6.54 Å². The lowest BCUT2D eigenvalue weighted by Gasteiger charge is -2.15. The van der Waals surface area contributed by atoms with Crippen molar-refractivity contribution in [1.29, 1.82) is 0 Å². The van der Waals surface area contributed by atoms with Crippen LogP contribution in [-0.2, 0) is 16.1 Å². The third-order valence-electron chi connectivity index (χ3n) is 3.53. The molecule has 1 aliphatic rings. The van der Waals surface area contributed by atoms with Crippen molar-refractivity contribution in [2.45, 2.75) is 20.4 Å². The van der Waals surface area contributed by atoms with E-state index in [4.69, 9.17) is 4.52 Å². The Bertz CT molecular complexity index is 848. The number of carbonyl (C=O) groups is 3. The first-order chi connectivity index (χ1) is 11.9. The zero-order chi connectivity index (χ0) is 18.1. The molecule has 2 heterocycles. The van der Waals surface area contributed by atoms with Crippen molar-refractivity contribution in [2.75, 3.05) is 6.54 Å². The molecule has 0 unspecified atom stereocenters. The van der Waals surface area contributed by atoms with E-state index in [-0.39, 0.29) is 24.9 Å². The van der Waals surface area contributed by atoms with Crippen molar-refractivity contribution in [3.8, 4) is 11.4 Å². The van der Waals surface area contributed by atoms with Gasteiger partial charge in [0.15, 0.2) is 0 Å². The van der Waals surface area contributed by atoms with Gasteiger partial charge in [-0.05, 0) is 18.1 Å². The fraction of sp³-hybridized carbons (Fsp3) is 0.312. The second kappa shape index (κ2) is 6.75. The third kappa shape index (κ3) is 3.46.